The lowest BCUT2D eigenvalue weighted by Crippen LogP contribution is -2.35. The van der Waals surface area contributed by atoms with Gasteiger partial charge in [0.1, 0.15) is 0 Å². The van der Waals surface area contributed by atoms with Gasteiger partial charge in [0.15, 0.2) is 0 Å². The summed E-state index contributed by atoms with van der Waals surface area (Å²) in [7, 11) is -1.25. The quantitative estimate of drug-likeness (QED) is 0.297. The first-order chi connectivity index (χ1) is 16.8. The molecule has 1 aliphatic carbocycles. The predicted molar refractivity (Wildman–Crippen MR) is 151 cm³/mol. The normalized spacial score (nSPS) is 16.1. The predicted octanol–water partition coefficient (Wildman–Crippen LogP) is 6.22. The number of hydrogen-bond acceptors (Lipinski definition) is 1. The summed E-state index contributed by atoms with van der Waals surface area (Å²) >= 11 is 0. The van der Waals surface area contributed by atoms with E-state index in [0.29, 0.717) is 12.0 Å². The maximum atomic E-state index is 4.06. The van der Waals surface area contributed by atoms with Gasteiger partial charge in [-0.15, -0.1) is 0 Å². The molecule has 1 unspecified atom stereocenters. The zero-order valence-electron chi connectivity index (χ0n) is 19.3. The van der Waals surface area contributed by atoms with E-state index in [9.17, 15) is 0 Å². The smallest absolute Gasteiger partial charge is 0.0256 e. The monoisotopic (exact) mass is 477 g/mol. The molecule has 34 heavy (non-hydrogen) atoms. The Hall–Kier alpha value is -2.82. The van der Waals surface area contributed by atoms with Gasteiger partial charge in [0.05, 0.1) is 0 Å². The Bertz CT molecular complexity index is 1160. The van der Waals surface area contributed by atoms with Gasteiger partial charge in [0.2, 0.25) is 0 Å². The molecule has 5 rings (SSSR count). The summed E-state index contributed by atoms with van der Waals surface area (Å²) in [5.74, 6) is 0.351. The second kappa shape index (κ2) is 11.1. The molecule has 4 aromatic carbocycles. The molecule has 0 bridgehead atoms. The van der Waals surface area contributed by atoms with Crippen LogP contribution in [0.5, 0.6) is 0 Å². The lowest BCUT2D eigenvalue weighted by Gasteiger charge is -2.32. The highest BCUT2D eigenvalue weighted by molar-refractivity contribution is 7.76. The maximum absolute atomic E-state index is 4.06. The summed E-state index contributed by atoms with van der Waals surface area (Å²) in [6.45, 7) is 2.35. The fraction of sp³-hybridized carbons (Fsp3) is 0.0968. The van der Waals surface area contributed by atoms with Crippen LogP contribution in [0.25, 0.3) is 0 Å². The molecule has 1 aliphatic rings. The number of benzene rings is 4. The van der Waals surface area contributed by atoms with Crippen LogP contribution < -0.4 is 26.3 Å². The summed E-state index contributed by atoms with van der Waals surface area (Å²) in [5.41, 5.74) is 0. The first kappa shape index (κ1) is 22.9. The van der Waals surface area contributed by atoms with Gasteiger partial charge >= 0.3 is 0 Å². The highest BCUT2D eigenvalue weighted by Gasteiger charge is 2.31. The van der Waals surface area contributed by atoms with Crippen molar-refractivity contribution in [1.82, 2.24) is 5.09 Å². The van der Waals surface area contributed by atoms with Crippen molar-refractivity contribution in [2.24, 2.45) is 5.92 Å². The molecule has 4 aromatic rings. The van der Waals surface area contributed by atoms with Crippen molar-refractivity contribution in [3.63, 3.8) is 0 Å². The van der Waals surface area contributed by atoms with E-state index in [4.69, 9.17) is 0 Å². The van der Waals surface area contributed by atoms with Gasteiger partial charge in [-0.3, -0.25) is 5.09 Å². The fourth-order valence-corrected chi connectivity index (χ4v) is 9.25. The van der Waals surface area contributed by atoms with E-state index in [1.54, 1.807) is 0 Å². The van der Waals surface area contributed by atoms with Crippen molar-refractivity contribution in [1.29, 1.82) is 0 Å². The average Bonchev–Trinajstić information content (AvgIpc) is 3.39. The van der Waals surface area contributed by atoms with Gasteiger partial charge in [-0.1, -0.05) is 140 Å². The summed E-state index contributed by atoms with van der Waals surface area (Å²) in [6.07, 6.45) is 7.01. The first-order valence-corrected chi connectivity index (χ1v) is 14.4. The van der Waals surface area contributed by atoms with Crippen LogP contribution >= 0.6 is 16.0 Å². The fourth-order valence-electron chi connectivity index (χ4n) is 4.47. The molecule has 1 nitrogen and oxygen atoms in total. The topological polar surface area (TPSA) is 12.0 Å². The highest BCUT2D eigenvalue weighted by Crippen LogP contribution is 2.50. The van der Waals surface area contributed by atoms with E-state index in [1.165, 1.54) is 26.5 Å². The molecule has 1 N–H and O–H groups in total. The van der Waals surface area contributed by atoms with E-state index in [2.05, 4.69) is 152 Å². The lowest BCUT2D eigenvalue weighted by molar-refractivity contribution is 0.591. The Morgan fingerprint density at radius 3 is 1.44 bits per heavy atom. The molecule has 0 saturated heterocycles. The minimum absolute atomic E-state index is 0.300. The van der Waals surface area contributed by atoms with Gasteiger partial charge < -0.3 is 0 Å². The van der Waals surface area contributed by atoms with Crippen molar-refractivity contribution in [3.05, 3.63) is 145 Å². The highest BCUT2D eigenvalue weighted by atomic mass is 31.1. The first-order valence-electron chi connectivity index (χ1n) is 11.8. The molecule has 0 fully saturated rings. The largest absolute Gasteiger partial charge is 0.285 e. The molecular formula is C31H29NP2. The lowest BCUT2D eigenvalue weighted by atomic mass is 10.0. The summed E-state index contributed by atoms with van der Waals surface area (Å²) in [5, 5.41) is 11.1. The summed E-state index contributed by atoms with van der Waals surface area (Å²) in [6, 6.07) is 44.1. The Morgan fingerprint density at radius 2 is 1.00 bits per heavy atom. The molecule has 0 radical (unpaired) electrons. The molecule has 0 aliphatic heterocycles. The van der Waals surface area contributed by atoms with Crippen molar-refractivity contribution >= 4 is 37.2 Å². The van der Waals surface area contributed by atoms with Gasteiger partial charge in [0.25, 0.3) is 0 Å². The minimum atomic E-state index is -0.657. The summed E-state index contributed by atoms with van der Waals surface area (Å²) < 4.78 is 0. The van der Waals surface area contributed by atoms with Crippen molar-refractivity contribution in [2.45, 2.75) is 13.0 Å². The molecule has 0 spiro atoms. The number of hydrogen-bond donors (Lipinski definition) is 1. The zero-order chi connectivity index (χ0) is 23.2. The molecule has 168 valence electrons. The SMILES string of the molecule is C[C@@H](NP(c1ccccc1)c1ccccc1)C1C=CC=C1P(c1ccccc1)c1ccccc1. The Kier molecular flexibility index (Phi) is 7.47. The van der Waals surface area contributed by atoms with Crippen LogP contribution in [-0.4, -0.2) is 6.04 Å². The van der Waals surface area contributed by atoms with Crippen LogP contribution in [0, 0.1) is 5.92 Å². The second-order valence-electron chi connectivity index (χ2n) is 8.43. The van der Waals surface area contributed by atoms with Gasteiger partial charge in [-0.2, -0.15) is 0 Å². The number of allylic oxidation sites excluding steroid dienone is 2. The Labute approximate surface area is 205 Å². The minimum Gasteiger partial charge on any atom is -0.285 e. The van der Waals surface area contributed by atoms with Crippen LogP contribution in [0.2, 0.25) is 0 Å². The Balaban J connectivity index is 1.47. The van der Waals surface area contributed by atoms with E-state index >= 15 is 0 Å². The third kappa shape index (κ3) is 5.13. The van der Waals surface area contributed by atoms with E-state index < -0.39 is 16.0 Å². The van der Waals surface area contributed by atoms with E-state index in [0.717, 1.165) is 0 Å². The van der Waals surface area contributed by atoms with E-state index in [-0.39, 0.29) is 0 Å². The van der Waals surface area contributed by atoms with Crippen molar-refractivity contribution < 1.29 is 0 Å². The van der Waals surface area contributed by atoms with Gasteiger partial charge in [-0.25, -0.2) is 0 Å². The standard InChI is InChI=1S/C31H29NP2/c1-25(32-34(28-19-10-4-11-20-28)29-21-12-5-13-22-29)30-23-14-24-31(30)33(26-15-6-2-7-16-26)27-17-8-3-9-18-27/h2-25,30,32H,1H3/t25-,30?/m1/s1. The van der Waals surface area contributed by atoms with Crippen molar-refractivity contribution in [3.8, 4) is 0 Å². The Morgan fingerprint density at radius 1 is 0.588 bits per heavy atom. The third-order valence-electron chi connectivity index (χ3n) is 6.11. The molecule has 0 amide bonds. The number of nitrogens with one attached hydrogen (secondary N) is 1. The van der Waals surface area contributed by atoms with Gasteiger partial charge in [-0.05, 0) is 41.4 Å². The van der Waals surface area contributed by atoms with Crippen molar-refractivity contribution in [2.75, 3.05) is 0 Å². The second-order valence-corrected chi connectivity index (χ2v) is 12.6. The average molecular weight is 478 g/mol. The number of rotatable bonds is 8. The molecule has 0 aromatic heterocycles. The maximum Gasteiger partial charge on any atom is 0.0256 e. The van der Waals surface area contributed by atoms with Gasteiger partial charge in [0, 0.05) is 20.0 Å². The molecule has 0 saturated carbocycles. The summed E-state index contributed by atoms with van der Waals surface area (Å²) in [4.78, 5) is 0. The van der Waals surface area contributed by atoms with E-state index in [1.807, 2.05) is 0 Å². The third-order valence-corrected chi connectivity index (χ3v) is 11.0. The molecule has 3 heteroatoms. The van der Waals surface area contributed by atoms with Crippen LogP contribution in [0.4, 0.5) is 0 Å². The zero-order valence-corrected chi connectivity index (χ0v) is 21.1. The van der Waals surface area contributed by atoms with Crippen LogP contribution in [0.1, 0.15) is 6.92 Å². The van der Waals surface area contributed by atoms with Crippen LogP contribution in [-0.2, 0) is 0 Å². The molecule has 2 atom stereocenters. The molecule has 0 heterocycles. The molecular weight excluding hydrogens is 448 g/mol. The van der Waals surface area contributed by atoms with Crippen LogP contribution in [0.15, 0.2) is 145 Å². The van der Waals surface area contributed by atoms with Crippen LogP contribution in [0.3, 0.4) is 0 Å².